The number of hydrogen-bond acceptors (Lipinski definition) is 6. The molecule has 5 nitrogen and oxygen atoms in total. The third-order valence-electron chi connectivity index (χ3n) is 10.8. The van der Waals surface area contributed by atoms with E-state index in [0.29, 0.717) is 19.1 Å². The molecule has 0 aromatic heterocycles. The van der Waals surface area contributed by atoms with E-state index in [4.69, 9.17) is 18.9 Å². The van der Waals surface area contributed by atoms with Gasteiger partial charge in [-0.3, -0.25) is 4.79 Å². The molecular formula is C52H108O5S. The lowest BCUT2D eigenvalue weighted by Gasteiger charge is -2.19. The monoisotopic (exact) mass is 845 g/mol. The molecule has 0 amide bonds. The maximum absolute atomic E-state index is 11.9. The Morgan fingerprint density at radius 1 is 0.431 bits per heavy atom. The Bertz CT molecular complexity index is 747. The first-order valence-electron chi connectivity index (χ1n) is 25.4. The summed E-state index contributed by atoms with van der Waals surface area (Å²) in [6.45, 7) is 19.3. The second-order valence-corrected chi connectivity index (χ2v) is 18.7. The van der Waals surface area contributed by atoms with E-state index < -0.39 is 0 Å². The molecule has 0 fully saturated rings. The molecule has 0 N–H and O–H groups in total. The van der Waals surface area contributed by atoms with Crippen LogP contribution in [-0.4, -0.2) is 61.7 Å². The van der Waals surface area contributed by atoms with Gasteiger partial charge in [0, 0.05) is 18.8 Å². The fourth-order valence-electron chi connectivity index (χ4n) is 6.90. The number of unbranched alkanes of at least 4 members (excludes halogenated alkanes) is 28. The number of carbonyl (C=O) groups excluding carboxylic acids is 1. The van der Waals surface area contributed by atoms with Gasteiger partial charge >= 0.3 is 5.97 Å². The van der Waals surface area contributed by atoms with Crippen molar-refractivity contribution in [3.05, 3.63) is 0 Å². The van der Waals surface area contributed by atoms with Crippen LogP contribution in [0.25, 0.3) is 0 Å². The van der Waals surface area contributed by atoms with Crippen LogP contribution >= 0.6 is 11.8 Å². The second kappa shape index (κ2) is 52.8. The summed E-state index contributed by atoms with van der Waals surface area (Å²) in [6.07, 6.45) is 44.2. The van der Waals surface area contributed by atoms with E-state index in [-0.39, 0.29) is 31.7 Å². The van der Waals surface area contributed by atoms with Gasteiger partial charge in [0.15, 0.2) is 0 Å². The van der Waals surface area contributed by atoms with E-state index in [1.807, 2.05) is 20.8 Å². The molecule has 0 aliphatic carbocycles. The molecule has 0 rings (SSSR count). The van der Waals surface area contributed by atoms with Crippen LogP contribution in [-0.2, 0) is 23.7 Å². The van der Waals surface area contributed by atoms with Crippen LogP contribution in [0.1, 0.15) is 275 Å². The molecule has 0 aromatic carbocycles. The molecular weight excluding hydrogens is 737 g/mol. The van der Waals surface area contributed by atoms with Crippen molar-refractivity contribution in [2.45, 2.75) is 299 Å². The van der Waals surface area contributed by atoms with E-state index in [1.54, 1.807) is 0 Å². The quantitative estimate of drug-likeness (QED) is 0.0450. The Kier molecular flexibility index (Phi) is 56.5. The molecule has 0 radical (unpaired) electrons. The zero-order valence-electron chi connectivity index (χ0n) is 40.1. The molecule has 6 heteroatoms. The predicted octanol–water partition coefficient (Wildman–Crippen LogP) is 17.4. The lowest BCUT2D eigenvalue weighted by molar-refractivity contribution is -0.153. The van der Waals surface area contributed by atoms with Crippen LogP contribution in [0.3, 0.4) is 0 Å². The molecule has 0 heterocycles. The molecule has 0 aromatic rings. The SMILES string of the molecule is C.CCCCCCCCCCCCCCCC(=O)OC(CC)COC(C)C.CCCCCCCCCCCCSCC(COC(C)C)OCCCCCCCCCC. The molecule has 0 saturated carbocycles. The van der Waals surface area contributed by atoms with Crippen molar-refractivity contribution >= 4 is 17.7 Å². The van der Waals surface area contributed by atoms with Gasteiger partial charge < -0.3 is 18.9 Å². The maximum Gasteiger partial charge on any atom is 0.306 e. The summed E-state index contributed by atoms with van der Waals surface area (Å²) in [5, 5.41) is 0. The Balaban J connectivity index is -0.00000104. The van der Waals surface area contributed by atoms with Gasteiger partial charge in [0.1, 0.15) is 6.10 Å². The van der Waals surface area contributed by atoms with Crippen molar-refractivity contribution in [2.24, 2.45) is 0 Å². The van der Waals surface area contributed by atoms with Gasteiger partial charge in [-0.05, 0) is 59.1 Å². The summed E-state index contributed by atoms with van der Waals surface area (Å²) in [4.78, 5) is 11.9. The highest BCUT2D eigenvalue weighted by Gasteiger charge is 2.14. The highest BCUT2D eigenvalue weighted by atomic mass is 32.2. The largest absolute Gasteiger partial charge is 0.460 e. The third-order valence-corrected chi connectivity index (χ3v) is 12.0. The minimum Gasteiger partial charge on any atom is -0.460 e. The normalized spacial score (nSPS) is 12.4. The Labute approximate surface area is 370 Å². The molecule has 0 aliphatic heterocycles. The fraction of sp³-hybridized carbons (Fsp3) is 0.981. The van der Waals surface area contributed by atoms with Crippen LogP contribution in [0.4, 0.5) is 0 Å². The molecule has 2 atom stereocenters. The zero-order valence-corrected chi connectivity index (χ0v) is 40.9. The van der Waals surface area contributed by atoms with Crippen molar-refractivity contribution in [3.8, 4) is 0 Å². The van der Waals surface area contributed by atoms with Gasteiger partial charge in [-0.2, -0.15) is 11.8 Å². The fourth-order valence-corrected chi connectivity index (χ4v) is 7.93. The van der Waals surface area contributed by atoms with Crippen LogP contribution in [0, 0.1) is 0 Å². The highest BCUT2D eigenvalue weighted by Crippen LogP contribution is 2.16. The van der Waals surface area contributed by atoms with Gasteiger partial charge in [-0.25, -0.2) is 0 Å². The minimum atomic E-state index is -0.0909. The van der Waals surface area contributed by atoms with Gasteiger partial charge in [-0.15, -0.1) is 0 Å². The van der Waals surface area contributed by atoms with E-state index in [0.717, 1.165) is 38.2 Å². The van der Waals surface area contributed by atoms with Gasteiger partial charge in [0.2, 0.25) is 0 Å². The Morgan fingerprint density at radius 3 is 1.16 bits per heavy atom. The lowest BCUT2D eigenvalue weighted by atomic mass is 10.0. The van der Waals surface area contributed by atoms with Crippen LogP contribution in [0.15, 0.2) is 0 Å². The highest BCUT2D eigenvalue weighted by molar-refractivity contribution is 7.99. The van der Waals surface area contributed by atoms with E-state index in [2.05, 4.69) is 46.4 Å². The third kappa shape index (κ3) is 53.7. The molecule has 0 bridgehead atoms. The summed E-state index contributed by atoms with van der Waals surface area (Å²) in [5.41, 5.74) is 0. The minimum absolute atomic E-state index is 0. The van der Waals surface area contributed by atoms with Crippen molar-refractivity contribution in [1.82, 2.24) is 0 Å². The molecule has 0 spiro atoms. The number of hydrogen-bond donors (Lipinski definition) is 0. The van der Waals surface area contributed by atoms with Crippen molar-refractivity contribution in [1.29, 1.82) is 0 Å². The number of ether oxygens (including phenoxy) is 4. The van der Waals surface area contributed by atoms with Crippen LogP contribution in [0.2, 0.25) is 0 Å². The first-order chi connectivity index (χ1) is 27.8. The van der Waals surface area contributed by atoms with E-state index in [9.17, 15) is 4.79 Å². The topological polar surface area (TPSA) is 54.0 Å². The summed E-state index contributed by atoms with van der Waals surface area (Å²) in [7, 11) is 0. The van der Waals surface area contributed by atoms with Crippen molar-refractivity contribution < 1.29 is 23.7 Å². The summed E-state index contributed by atoms with van der Waals surface area (Å²) in [5.74, 6) is 2.30. The predicted molar refractivity (Wildman–Crippen MR) is 261 cm³/mol. The van der Waals surface area contributed by atoms with Gasteiger partial charge in [0.25, 0.3) is 0 Å². The van der Waals surface area contributed by atoms with Crippen molar-refractivity contribution in [2.75, 3.05) is 31.3 Å². The second-order valence-electron chi connectivity index (χ2n) is 17.5. The van der Waals surface area contributed by atoms with Gasteiger partial charge in [-0.1, -0.05) is 215 Å². The molecule has 0 aliphatic rings. The Morgan fingerprint density at radius 2 is 0.776 bits per heavy atom. The summed E-state index contributed by atoms with van der Waals surface area (Å²) >= 11 is 2.06. The van der Waals surface area contributed by atoms with E-state index in [1.165, 1.54) is 192 Å². The molecule has 352 valence electrons. The smallest absolute Gasteiger partial charge is 0.306 e. The molecule has 2 unspecified atom stereocenters. The maximum atomic E-state index is 11.9. The number of esters is 1. The van der Waals surface area contributed by atoms with Crippen LogP contribution in [0.5, 0.6) is 0 Å². The van der Waals surface area contributed by atoms with Crippen LogP contribution < -0.4 is 0 Å². The summed E-state index contributed by atoms with van der Waals surface area (Å²) < 4.78 is 23.1. The summed E-state index contributed by atoms with van der Waals surface area (Å²) in [6, 6.07) is 0. The molecule has 0 saturated heterocycles. The average Bonchev–Trinajstić information content (AvgIpc) is 3.19. The standard InChI is InChI=1S/C28H58O2S.C23H46O3.CH4/c1-5-7-9-11-13-15-16-18-20-22-24-31-26-28(25-30-27(3)4)29-23-21-19-17-14-12-10-8-6-2;1-5-7-8-9-10-11-12-13-14-15-16-17-18-19-23(24)26-22(6-2)20-25-21(3)4;/h27-28H,5-26H2,1-4H3;21-22H,5-20H2,1-4H3;1H4. The average molecular weight is 845 g/mol. The first kappa shape index (κ1) is 62.0. The zero-order chi connectivity index (χ0) is 42.3. The van der Waals surface area contributed by atoms with Crippen molar-refractivity contribution in [3.63, 3.8) is 0 Å². The number of carbonyl (C=O) groups is 1. The number of rotatable bonds is 45. The van der Waals surface area contributed by atoms with E-state index >= 15 is 0 Å². The number of thioether (sulfide) groups is 1. The van der Waals surface area contributed by atoms with Gasteiger partial charge in [0.05, 0.1) is 31.5 Å². The first-order valence-corrected chi connectivity index (χ1v) is 26.6. The Hall–Kier alpha value is -0.300. The lowest BCUT2D eigenvalue weighted by Crippen LogP contribution is -2.25. The molecule has 58 heavy (non-hydrogen) atoms.